The van der Waals surface area contributed by atoms with Crippen LogP contribution in [0.3, 0.4) is 0 Å². The van der Waals surface area contributed by atoms with Crippen LogP contribution in [0.1, 0.15) is 30.9 Å². The van der Waals surface area contributed by atoms with Crippen LogP contribution < -0.4 is 4.74 Å². The van der Waals surface area contributed by atoms with E-state index in [1.807, 2.05) is 25.1 Å². The highest BCUT2D eigenvalue weighted by atomic mass is 16.5. The van der Waals surface area contributed by atoms with Crippen molar-refractivity contribution in [3.63, 3.8) is 0 Å². The summed E-state index contributed by atoms with van der Waals surface area (Å²) in [5.41, 5.74) is 2.26. The number of methoxy groups -OCH3 is 1. The molecule has 0 atom stereocenters. The van der Waals surface area contributed by atoms with E-state index >= 15 is 0 Å². The van der Waals surface area contributed by atoms with Gasteiger partial charge in [0.05, 0.1) is 12.7 Å². The molecule has 0 N–H and O–H groups in total. The molecule has 94 valence electrons. The number of para-hydroxylation sites is 1. The van der Waals surface area contributed by atoms with Crippen LogP contribution in [-0.4, -0.2) is 39.0 Å². The van der Waals surface area contributed by atoms with Gasteiger partial charge in [0.2, 0.25) is 0 Å². The average molecular weight is 234 g/mol. The number of hydrogen-bond donors (Lipinski definition) is 0. The lowest BCUT2D eigenvalue weighted by Crippen LogP contribution is -2.24. The minimum Gasteiger partial charge on any atom is -0.496 e. The van der Waals surface area contributed by atoms with Crippen LogP contribution in [0, 0.1) is 0 Å². The van der Waals surface area contributed by atoms with Gasteiger partial charge in [-0.1, -0.05) is 26.0 Å². The first kappa shape index (κ1) is 13.6. The Balaban J connectivity index is 3.38. The van der Waals surface area contributed by atoms with Gasteiger partial charge >= 0.3 is 0 Å². The van der Waals surface area contributed by atoms with Gasteiger partial charge in [0, 0.05) is 21.1 Å². The minimum atomic E-state index is 0.435. The van der Waals surface area contributed by atoms with Crippen LogP contribution in [0.15, 0.2) is 23.2 Å². The fraction of sp³-hybridized carbons (Fsp3) is 0.500. The van der Waals surface area contributed by atoms with E-state index in [-0.39, 0.29) is 0 Å². The predicted molar refractivity (Wildman–Crippen MR) is 73.2 cm³/mol. The maximum atomic E-state index is 5.56. The molecule has 3 nitrogen and oxygen atoms in total. The monoisotopic (exact) mass is 234 g/mol. The molecule has 0 aliphatic rings. The van der Waals surface area contributed by atoms with Gasteiger partial charge in [-0.05, 0) is 17.5 Å². The van der Waals surface area contributed by atoms with Crippen molar-refractivity contribution in [2.75, 3.05) is 28.3 Å². The number of rotatable bonds is 3. The standard InChI is InChI=1S/C14H22N2O/c1-10(2)11-8-7-9-12(13(11)17-6)14(15-3)16(4)5/h7-10H,1-6H3. The number of benzene rings is 1. The molecule has 0 radical (unpaired) electrons. The molecule has 0 saturated heterocycles. The summed E-state index contributed by atoms with van der Waals surface area (Å²) < 4.78 is 5.56. The molecule has 0 amide bonds. The number of nitrogens with zero attached hydrogens (tertiary/aromatic N) is 2. The smallest absolute Gasteiger partial charge is 0.133 e. The zero-order valence-corrected chi connectivity index (χ0v) is 11.6. The Bertz CT molecular complexity index is 409. The molecule has 1 aromatic carbocycles. The number of ether oxygens (including phenoxy) is 1. The molecule has 17 heavy (non-hydrogen) atoms. The molecule has 3 heteroatoms. The normalized spacial score (nSPS) is 11.8. The summed E-state index contributed by atoms with van der Waals surface area (Å²) in [6, 6.07) is 6.21. The van der Waals surface area contributed by atoms with E-state index in [1.165, 1.54) is 5.56 Å². The van der Waals surface area contributed by atoms with Gasteiger partial charge < -0.3 is 9.64 Å². The maximum absolute atomic E-state index is 5.56. The Morgan fingerprint density at radius 2 is 1.94 bits per heavy atom. The first-order valence-electron chi connectivity index (χ1n) is 5.84. The van der Waals surface area contributed by atoms with Gasteiger partial charge in [-0.25, -0.2) is 0 Å². The van der Waals surface area contributed by atoms with Crippen molar-refractivity contribution in [1.29, 1.82) is 0 Å². The van der Waals surface area contributed by atoms with E-state index in [0.717, 1.165) is 17.1 Å². The van der Waals surface area contributed by atoms with Crippen molar-refractivity contribution in [1.82, 2.24) is 4.90 Å². The largest absolute Gasteiger partial charge is 0.496 e. The van der Waals surface area contributed by atoms with Gasteiger partial charge in [-0.2, -0.15) is 0 Å². The molecule has 0 fully saturated rings. The lowest BCUT2D eigenvalue weighted by Gasteiger charge is -2.20. The number of aliphatic imine (C=N–C) groups is 1. The summed E-state index contributed by atoms with van der Waals surface area (Å²) in [6.45, 7) is 4.33. The molecular weight excluding hydrogens is 212 g/mol. The summed E-state index contributed by atoms with van der Waals surface area (Å²) in [4.78, 5) is 6.33. The maximum Gasteiger partial charge on any atom is 0.133 e. The Labute approximate surface area is 104 Å². The van der Waals surface area contributed by atoms with Crippen LogP contribution in [-0.2, 0) is 0 Å². The average Bonchev–Trinajstić information content (AvgIpc) is 2.29. The van der Waals surface area contributed by atoms with Crippen LogP contribution in [0.4, 0.5) is 0 Å². The molecule has 0 heterocycles. The lowest BCUT2D eigenvalue weighted by atomic mass is 9.98. The Morgan fingerprint density at radius 3 is 2.35 bits per heavy atom. The second kappa shape index (κ2) is 5.71. The van der Waals surface area contributed by atoms with Gasteiger partial charge in [-0.3, -0.25) is 4.99 Å². The topological polar surface area (TPSA) is 24.8 Å². The van der Waals surface area contributed by atoms with Crippen molar-refractivity contribution < 1.29 is 4.74 Å². The van der Waals surface area contributed by atoms with E-state index in [9.17, 15) is 0 Å². The minimum absolute atomic E-state index is 0.435. The van der Waals surface area contributed by atoms with Gasteiger partial charge in [0.1, 0.15) is 11.6 Å². The van der Waals surface area contributed by atoms with E-state index in [1.54, 1.807) is 14.2 Å². The van der Waals surface area contributed by atoms with Crippen molar-refractivity contribution >= 4 is 5.84 Å². The van der Waals surface area contributed by atoms with E-state index in [4.69, 9.17) is 4.74 Å². The van der Waals surface area contributed by atoms with Crippen molar-refractivity contribution in [3.05, 3.63) is 29.3 Å². The third-order valence-corrected chi connectivity index (χ3v) is 2.75. The molecule has 0 unspecified atom stereocenters. The van der Waals surface area contributed by atoms with Crippen LogP contribution in [0.2, 0.25) is 0 Å². The molecule has 1 aromatic rings. The third-order valence-electron chi connectivity index (χ3n) is 2.75. The molecule has 0 saturated carbocycles. The second-order valence-corrected chi connectivity index (χ2v) is 4.52. The molecule has 0 bridgehead atoms. The summed E-state index contributed by atoms with van der Waals surface area (Å²) in [6.07, 6.45) is 0. The summed E-state index contributed by atoms with van der Waals surface area (Å²) in [5, 5.41) is 0. The summed E-state index contributed by atoms with van der Waals surface area (Å²) in [5.74, 6) is 2.30. The second-order valence-electron chi connectivity index (χ2n) is 4.52. The van der Waals surface area contributed by atoms with Gasteiger partial charge in [0.25, 0.3) is 0 Å². The summed E-state index contributed by atoms with van der Waals surface area (Å²) >= 11 is 0. The first-order chi connectivity index (χ1) is 8.02. The Morgan fingerprint density at radius 1 is 1.29 bits per heavy atom. The van der Waals surface area contributed by atoms with E-state index in [0.29, 0.717) is 5.92 Å². The zero-order chi connectivity index (χ0) is 13.0. The van der Waals surface area contributed by atoms with Crippen molar-refractivity contribution in [2.45, 2.75) is 19.8 Å². The fourth-order valence-corrected chi connectivity index (χ4v) is 1.97. The van der Waals surface area contributed by atoms with E-state index in [2.05, 4.69) is 31.0 Å². The summed E-state index contributed by atoms with van der Waals surface area (Å²) in [7, 11) is 7.50. The van der Waals surface area contributed by atoms with E-state index < -0.39 is 0 Å². The molecule has 0 aliphatic heterocycles. The van der Waals surface area contributed by atoms with Crippen molar-refractivity contribution in [3.8, 4) is 5.75 Å². The van der Waals surface area contributed by atoms with Gasteiger partial charge in [-0.15, -0.1) is 0 Å². The highest BCUT2D eigenvalue weighted by molar-refractivity contribution is 6.01. The Kier molecular flexibility index (Phi) is 4.55. The highest BCUT2D eigenvalue weighted by Gasteiger charge is 2.16. The van der Waals surface area contributed by atoms with Crippen LogP contribution >= 0.6 is 0 Å². The molecular formula is C14H22N2O. The third kappa shape index (κ3) is 2.78. The fourth-order valence-electron chi connectivity index (χ4n) is 1.97. The number of amidine groups is 1. The van der Waals surface area contributed by atoms with Crippen LogP contribution in [0.5, 0.6) is 5.75 Å². The SMILES string of the molecule is CN=C(c1cccc(C(C)C)c1OC)N(C)C. The predicted octanol–water partition coefficient (Wildman–Crippen LogP) is 2.76. The molecule has 0 aromatic heterocycles. The van der Waals surface area contributed by atoms with Gasteiger partial charge in [0.15, 0.2) is 0 Å². The highest BCUT2D eigenvalue weighted by Crippen LogP contribution is 2.30. The molecule has 0 aliphatic carbocycles. The molecule has 0 spiro atoms. The van der Waals surface area contributed by atoms with Crippen LogP contribution in [0.25, 0.3) is 0 Å². The Hall–Kier alpha value is -1.51. The zero-order valence-electron chi connectivity index (χ0n) is 11.6. The quantitative estimate of drug-likeness (QED) is 0.593. The van der Waals surface area contributed by atoms with Crippen molar-refractivity contribution in [2.24, 2.45) is 4.99 Å². The molecule has 1 rings (SSSR count). The lowest BCUT2D eigenvalue weighted by molar-refractivity contribution is 0.405. The number of hydrogen-bond acceptors (Lipinski definition) is 2. The first-order valence-corrected chi connectivity index (χ1v) is 5.84.